The van der Waals surface area contributed by atoms with Gasteiger partial charge in [0.25, 0.3) is 0 Å². The van der Waals surface area contributed by atoms with Crippen LogP contribution in [0.1, 0.15) is 17.9 Å². The lowest BCUT2D eigenvalue weighted by Gasteiger charge is -2.03. The third-order valence-electron chi connectivity index (χ3n) is 2.89. The highest BCUT2D eigenvalue weighted by atomic mass is 15.3. The first kappa shape index (κ1) is 9.47. The molecule has 0 fully saturated rings. The van der Waals surface area contributed by atoms with Crippen LogP contribution in [-0.4, -0.2) is 19.7 Å². The van der Waals surface area contributed by atoms with E-state index in [1.165, 1.54) is 0 Å². The molecule has 3 rings (SSSR count). The summed E-state index contributed by atoms with van der Waals surface area (Å²) in [7, 11) is 0. The van der Waals surface area contributed by atoms with E-state index in [0.29, 0.717) is 6.54 Å². The Kier molecular flexibility index (Phi) is 2.18. The van der Waals surface area contributed by atoms with Crippen molar-refractivity contribution in [1.82, 2.24) is 19.7 Å². The monoisotopic (exact) mass is 215 g/mol. The van der Waals surface area contributed by atoms with Crippen LogP contribution in [0.2, 0.25) is 0 Å². The van der Waals surface area contributed by atoms with Crippen LogP contribution >= 0.6 is 0 Å². The summed E-state index contributed by atoms with van der Waals surface area (Å²) in [4.78, 5) is 4.18. The van der Waals surface area contributed by atoms with Crippen LogP contribution in [0, 0.1) is 0 Å². The van der Waals surface area contributed by atoms with Crippen LogP contribution in [0.15, 0.2) is 18.3 Å². The van der Waals surface area contributed by atoms with E-state index in [9.17, 15) is 0 Å². The Balaban J connectivity index is 2.08. The molecule has 2 aromatic rings. The van der Waals surface area contributed by atoms with Gasteiger partial charge >= 0.3 is 0 Å². The van der Waals surface area contributed by atoms with Crippen molar-refractivity contribution in [2.45, 2.75) is 25.9 Å². The topological polar surface area (TPSA) is 69.6 Å². The quantitative estimate of drug-likeness (QED) is 0.802. The fraction of sp³-hybridized carbons (Fsp3) is 0.364. The van der Waals surface area contributed by atoms with Crippen LogP contribution in [-0.2, 0) is 19.5 Å². The average molecular weight is 215 g/mol. The molecule has 0 aromatic carbocycles. The largest absolute Gasteiger partial charge is 0.325 e. The Bertz CT molecular complexity index is 517. The molecular formula is C11H13N5. The number of nitrogens with two attached hydrogens (primary N) is 1. The molecule has 16 heavy (non-hydrogen) atoms. The molecule has 0 bridgehead atoms. The van der Waals surface area contributed by atoms with Crippen molar-refractivity contribution in [3.63, 3.8) is 0 Å². The standard InChI is InChI=1S/C11H13N5/c12-7-9-6-8(3-4-13-9)11-15-14-10-2-1-5-16(10)11/h3-4,6H,1-2,5,7,12H2. The molecule has 0 saturated carbocycles. The first-order valence-corrected chi connectivity index (χ1v) is 5.46. The fourth-order valence-electron chi connectivity index (χ4n) is 2.09. The minimum Gasteiger partial charge on any atom is -0.325 e. The Labute approximate surface area is 93.3 Å². The molecule has 0 unspecified atom stereocenters. The molecule has 5 heteroatoms. The third kappa shape index (κ3) is 1.40. The predicted octanol–water partition coefficient (Wildman–Crippen LogP) is 0.745. The number of aromatic nitrogens is 4. The van der Waals surface area contributed by atoms with Crippen LogP contribution < -0.4 is 5.73 Å². The Morgan fingerprint density at radius 3 is 3.19 bits per heavy atom. The van der Waals surface area contributed by atoms with Gasteiger partial charge in [-0.1, -0.05) is 0 Å². The van der Waals surface area contributed by atoms with Crippen molar-refractivity contribution in [1.29, 1.82) is 0 Å². The summed E-state index contributed by atoms with van der Waals surface area (Å²) in [5.41, 5.74) is 7.51. The van der Waals surface area contributed by atoms with Gasteiger partial charge in [0.15, 0.2) is 5.82 Å². The lowest BCUT2D eigenvalue weighted by atomic mass is 10.2. The first-order chi connectivity index (χ1) is 7.88. The number of pyridine rings is 1. The van der Waals surface area contributed by atoms with Gasteiger partial charge in [0.05, 0.1) is 5.69 Å². The van der Waals surface area contributed by atoms with Crippen LogP contribution in [0.3, 0.4) is 0 Å². The van der Waals surface area contributed by atoms with Gasteiger partial charge in [-0.25, -0.2) is 0 Å². The molecule has 0 saturated heterocycles. The minimum absolute atomic E-state index is 0.453. The van der Waals surface area contributed by atoms with Gasteiger partial charge in [0.1, 0.15) is 5.82 Å². The predicted molar refractivity (Wildman–Crippen MR) is 59.5 cm³/mol. The van der Waals surface area contributed by atoms with E-state index in [0.717, 1.165) is 42.3 Å². The molecule has 1 aliphatic heterocycles. The summed E-state index contributed by atoms with van der Waals surface area (Å²) in [5, 5.41) is 8.42. The third-order valence-corrected chi connectivity index (χ3v) is 2.89. The Morgan fingerprint density at radius 2 is 2.31 bits per heavy atom. The lowest BCUT2D eigenvalue weighted by molar-refractivity contribution is 0.748. The summed E-state index contributed by atoms with van der Waals surface area (Å²) in [5.74, 6) is 2.02. The molecule has 1 aliphatic rings. The molecular weight excluding hydrogens is 202 g/mol. The molecule has 0 radical (unpaired) electrons. The number of aryl methyl sites for hydroxylation is 1. The molecule has 0 amide bonds. The zero-order valence-corrected chi connectivity index (χ0v) is 8.93. The number of hydrogen-bond acceptors (Lipinski definition) is 4. The molecule has 2 N–H and O–H groups in total. The molecule has 5 nitrogen and oxygen atoms in total. The van der Waals surface area contributed by atoms with E-state index in [1.54, 1.807) is 6.20 Å². The van der Waals surface area contributed by atoms with E-state index < -0.39 is 0 Å². The lowest BCUT2D eigenvalue weighted by Crippen LogP contribution is -2.01. The van der Waals surface area contributed by atoms with Crippen LogP contribution in [0.5, 0.6) is 0 Å². The van der Waals surface area contributed by atoms with Crippen molar-refractivity contribution in [2.24, 2.45) is 5.73 Å². The van der Waals surface area contributed by atoms with Crippen LogP contribution in [0.4, 0.5) is 0 Å². The molecule has 82 valence electrons. The van der Waals surface area contributed by atoms with Gasteiger partial charge in [0, 0.05) is 31.3 Å². The number of fused-ring (bicyclic) bond motifs is 1. The maximum absolute atomic E-state index is 5.58. The van der Waals surface area contributed by atoms with Crippen molar-refractivity contribution in [2.75, 3.05) is 0 Å². The van der Waals surface area contributed by atoms with E-state index in [-0.39, 0.29) is 0 Å². The van der Waals surface area contributed by atoms with Crippen molar-refractivity contribution in [3.8, 4) is 11.4 Å². The SMILES string of the molecule is NCc1cc(-c2nnc3n2CCC3)ccn1. The van der Waals surface area contributed by atoms with E-state index in [1.807, 2.05) is 12.1 Å². The maximum Gasteiger partial charge on any atom is 0.164 e. The normalized spacial score (nSPS) is 14.1. The van der Waals surface area contributed by atoms with Gasteiger partial charge in [-0.3, -0.25) is 4.98 Å². The highest BCUT2D eigenvalue weighted by Crippen LogP contribution is 2.23. The second-order valence-electron chi connectivity index (χ2n) is 3.94. The molecule has 0 spiro atoms. The number of nitrogens with zero attached hydrogens (tertiary/aromatic N) is 4. The Morgan fingerprint density at radius 1 is 1.38 bits per heavy atom. The van der Waals surface area contributed by atoms with Gasteiger partial charge in [0.2, 0.25) is 0 Å². The second-order valence-corrected chi connectivity index (χ2v) is 3.94. The van der Waals surface area contributed by atoms with Gasteiger partial charge in [-0.15, -0.1) is 10.2 Å². The summed E-state index contributed by atoms with van der Waals surface area (Å²) >= 11 is 0. The molecule has 3 heterocycles. The van der Waals surface area contributed by atoms with Crippen molar-refractivity contribution in [3.05, 3.63) is 29.8 Å². The Hall–Kier alpha value is -1.75. The van der Waals surface area contributed by atoms with Crippen molar-refractivity contribution >= 4 is 0 Å². The smallest absolute Gasteiger partial charge is 0.164 e. The van der Waals surface area contributed by atoms with Gasteiger partial charge in [-0.05, 0) is 18.6 Å². The minimum atomic E-state index is 0.453. The fourth-order valence-corrected chi connectivity index (χ4v) is 2.09. The number of rotatable bonds is 2. The van der Waals surface area contributed by atoms with E-state index in [2.05, 4.69) is 19.7 Å². The molecule has 0 atom stereocenters. The summed E-state index contributed by atoms with van der Waals surface area (Å²) < 4.78 is 2.18. The second kappa shape index (κ2) is 3.68. The maximum atomic E-state index is 5.58. The summed E-state index contributed by atoms with van der Waals surface area (Å²) in [6, 6.07) is 3.93. The van der Waals surface area contributed by atoms with Crippen LogP contribution in [0.25, 0.3) is 11.4 Å². The zero-order chi connectivity index (χ0) is 11.0. The molecule has 2 aromatic heterocycles. The number of hydrogen-bond donors (Lipinski definition) is 1. The van der Waals surface area contributed by atoms with Gasteiger partial charge < -0.3 is 10.3 Å². The average Bonchev–Trinajstić information content (AvgIpc) is 2.90. The summed E-state index contributed by atoms with van der Waals surface area (Å²) in [6.45, 7) is 1.47. The van der Waals surface area contributed by atoms with E-state index in [4.69, 9.17) is 5.73 Å². The van der Waals surface area contributed by atoms with Crippen molar-refractivity contribution < 1.29 is 0 Å². The van der Waals surface area contributed by atoms with Gasteiger partial charge in [-0.2, -0.15) is 0 Å². The first-order valence-electron chi connectivity index (χ1n) is 5.46. The highest BCUT2D eigenvalue weighted by molar-refractivity contribution is 5.55. The molecule has 0 aliphatic carbocycles. The zero-order valence-electron chi connectivity index (χ0n) is 8.93. The van der Waals surface area contributed by atoms with E-state index >= 15 is 0 Å². The summed E-state index contributed by atoms with van der Waals surface area (Å²) in [6.07, 6.45) is 3.96. The highest BCUT2D eigenvalue weighted by Gasteiger charge is 2.18.